The van der Waals surface area contributed by atoms with Crippen LogP contribution in [0.1, 0.15) is 78.6 Å². The molecule has 0 amide bonds. The summed E-state index contributed by atoms with van der Waals surface area (Å²) >= 11 is 0. The van der Waals surface area contributed by atoms with Crippen LogP contribution < -0.4 is 4.90 Å². The van der Waals surface area contributed by atoms with Gasteiger partial charge in [-0.1, -0.05) is 191 Å². The molecule has 9 aromatic rings. The van der Waals surface area contributed by atoms with Crippen molar-refractivity contribution in [3.63, 3.8) is 0 Å². The zero-order valence-electron chi connectivity index (χ0n) is 36.9. The van der Waals surface area contributed by atoms with Gasteiger partial charge in [0.1, 0.15) is 0 Å². The van der Waals surface area contributed by atoms with E-state index in [0.717, 1.165) is 18.5 Å². The van der Waals surface area contributed by atoms with Crippen LogP contribution in [0.2, 0.25) is 0 Å². The summed E-state index contributed by atoms with van der Waals surface area (Å²) in [7, 11) is 0. The van der Waals surface area contributed by atoms with E-state index in [1.165, 1.54) is 112 Å². The number of fused-ring (bicyclic) bond motifs is 13. The fraction of sp³-hybridized carbons (Fsp3) is 0.143. The standard InChI is InChI=1S/C63H49N/c1-61(2)54-24-11-6-17-45(54)48-34-30-42(38-57(48)61)40-28-31-43(32-29-40)64(59-27-14-9-20-50(59)52-22-15-21-51-47-19-7-12-25-55(47)62(3,4)60(51)52)44-33-35-49-46-18-8-13-26-56(46)63(58(49)39-44)37-36-41-16-5-10-23-53(41)63/h5-35,38-39H,36-37H2,1-4H3. The summed E-state index contributed by atoms with van der Waals surface area (Å²) in [6, 6.07) is 76.0. The fourth-order valence-electron chi connectivity index (χ4n) is 12.7. The van der Waals surface area contributed by atoms with Crippen LogP contribution in [0.3, 0.4) is 0 Å². The van der Waals surface area contributed by atoms with Crippen LogP contribution >= 0.6 is 0 Å². The molecule has 0 radical (unpaired) electrons. The lowest BCUT2D eigenvalue weighted by Crippen LogP contribution is -2.24. The molecule has 4 aliphatic carbocycles. The van der Waals surface area contributed by atoms with E-state index in [0.29, 0.717) is 0 Å². The van der Waals surface area contributed by atoms with Gasteiger partial charge < -0.3 is 4.90 Å². The second kappa shape index (κ2) is 13.4. The number of anilines is 3. The SMILES string of the molecule is CC1(C)c2ccccc2-c2ccc(-c3ccc(N(c4ccc5c(c4)C4(CCc6ccccc64)c4ccccc4-5)c4ccccc4-c4cccc5c4C(C)(C)c4ccccc4-5)cc3)cc21. The topological polar surface area (TPSA) is 3.24 Å². The van der Waals surface area contributed by atoms with E-state index in [1.807, 2.05) is 0 Å². The highest BCUT2D eigenvalue weighted by Crippen LogP contribution is 2.60. The predicted octanol–water partition coefficient (Wildman–Crippen LogP) is 16.4. The Bertz CT molecular complexity index is 3400. The van der Waals surface area contributed by atoms with Gasteiger partial charge in [-0.05, 0) is 144 Å². The van der Waals surface area contributed by atoms with Gasteiger partial charge >= 0.3 is 0 Å². The minimum absolute atomic E-state index is 0.0552. The summed E-state index contributed by atoms with van der Waals surface area (Å²) in [6.45, 7) is 9.53. The lowest BCUT2D eigenvalue weighted by atomic mass is 9.73. The molecule has 0 fully saturated rings. The molecule has 306 valence electrons. The van der Waals surface area contributed by atoms with Crippen molar-refractivity contribution in [1.82, 2.24) is 0 Å². The number of benzene rings is 9. The van der Waals surface area contributed by atoms with Crippen molar-refractivity contribution in [2.75, 3.05) is 4.90 Å². The summed E-state index contributed by atoms with van der Waals surface area (Å²) in [4.78, 5) is 2.54. The van der Waals surface area contributed by atoms with Gasteiger partial charge in [-0.15, -0.1) is 0 Å². The monoisotopic (exact) mass is 819 g/mol. The Hall–Kier alpha value is -7.22. The molecule has 1 heteroatoms. The molecule has 64 heavy (non-hydrogen) atoms. The molecule has 1 atom stereocenters. The lowest BCUT2D eigenvalue weighted by molar-refractivity contribution is 0.626. The first-order valence-electron chi connectivity index (χ1n) is 23.1. The maximum atomic E-state index is 2.54. The third-order valence-electron chi connectivity index (χ3n) is 15.7. The van der Waals surface area contributed by atoms with E-state index < -0.39 is 0 Å². The molecule has 1 nitrogen and oxygen atoms in total. The maximum Gasteiger partial charge on any atom is 0.0540 e. The van der Waals surface area contributed by atoms with Gasteiger partial charge in [0.05, 0.1) is 5.69 Å². The summed E-state index contributed by atoms with van der Waals surface area (Å²) in [5, 5.41) is 0. The van der Waals surface area contributed by atoms with E-state index in [2.05, 4.69) is 233 Å². The van der Waals surface area contributed by atoms with E-state index in [4.69, 9.17) is 0 Å². The highest BCUT2D eigenvalue weighted by molar-refractivity contribution is 5.96. The second-order valence-corrected chi connectivity index (χ2v) is 19.6. The number of rotatable bonds is 5. The van der Waals surface area contributed by atoms with Crippen molar-refractivity contribution >= 4 is 17.1 Å². The minimum atomic E-state index is -0.190. The lowest BCUT2D eigenvalue weighted by Gasteiger charge is -2.32. The Labute approximate surface area is 377 Å². The Kier molecular flexibility index (Phi) is 7.82. The fourth-order valence-corrected chi connectivity index (χ4v) is 12.7. The number of aryl methyl sites for hydroxylation is 1. The Morgan fingerprint density at radius 2 is 0.844 bits per heavy atom. The Morgan fingerprint density at radius 3 is 1.59 bits per heavy atom. The summed E-state index contributed by atoms with van der Waals surface area (Å²) in [5.74, 6) is 0. The van der Waals surface area contributed by atoms with Crippen LogP contribution in [0.15, 0.2) is 200 Å². The molecule has 0 N–H and O–H groups in total. The van der Waals surface area contributed by atoms with Gasteiger partial charge in [-0.3, -0.25) is 0 Å². The molecular weight excluding hydrogens is 771 g/mol. The van der Waals surface area contributed by atoms with Gasteiger partial charge in [0.15, 0.2) is 0 Å². The first-order chi connectivity index (χ1) is 31.2. The normalized spacial score (nSPS) is 17.2. The van der Waals surface area contributed by atoms with Crippen molar-refractivity contribution in [2.45, 2.75) is 56.8 Å². The highest BCUT2D eigenvalue weighted by Gasteiger charge is 2.48. The van der Waals surface area contributed by atoms with E-state index in [9.17, 15) is 0 Å². The van der Waals surface area contributed by atoms with E-state index in [1.54, 1.807) is 0 Å². The van der Waals surface area contributed by atoms with Crippen molar-refractivity contribution in [3.05, 3.63) is 245 Å². The van der Waals surface area contributed by atoms with E-state index >= 15 is 0 Å². The second-order valence-electron chi connectivity index (χ2n) is 19.6. The maximum absolute atomic E-state index is 2.54. The largest absolute Gasteiger partial charge is 0.310 e. The van der Waals surface area contributed by atoms with Crippen LogP contribution in [-0.2, 0) is 22.7 Å². The van der Waals surface area contributed by atoms with Crippen LogP contribution in [0.4, 0.5) is 17.1 Å². The third-order valence-corrected chi connectivity index (χ3v) is 15.7. The van der Waals surface area contributed by atoms with Gasteiger partial charge in [-0.2, -0.15) is 0 Å². The van der Waals surface area contributed by atoms with Crippen LogP contribution in [0.5, 0.6) is 0 Å². The third kappa shape index (κ3) is 5.01. The first-order valence-corrected chi connectivity index (χ1v) is 23.1. The van der Waals surface area contributed by atoms with Gasteiger partial charge in [-0.25, -0.2) is 0 Å². The smallest absolute Gasteiger partial charge is 0.0540 e. The molecule has 4 aliphatic rings. The van der Waals surface area contributed by atoms with Crippen molar-refractivity contribution in [3.8, 4) is 55.6 Å². The Morgan fingerprint density at radius 1 is 0.344 bits per heavy atom. The first kappa shape index (κ1) is 37.3. The molecule has 0 bridgehead atoms. The number of para-hydroxylation sites is 1. The number of hydrogen-bond acceptors (Lipinski definition) is 1. The molecular formula is C63H49N. The average molecular weight is 820 g/mol. The zero-order valence-corrected chi connectivity index (χ0v) is 36.9. The van der Waals surface area contributed by atoms with Crippen LogP contribution in [0.25, 0.3) is 55.6 Å². The highest BCUT2D eigenvalue weighted by atomic mass is 15.1. The molecule has 0 aromatic heterocycles. The quantitative estimate of drug-likeness (QED) is 0.167. The van der Waals surface area contributed by atoms with Gasteiger partial charge in [0, 0.05) is 33.2 Å². The average Bonchev–Trinajstić information content (AvgIpc) is 4.01. The van der Waals surface area contributed by atoms with E-state index in [-0.39, 0.29) is 16.2 Å². The summed E-state index contributed by atoms with van der Waals surface area (Å²) in [6.07, 6.45) is 2.14. The van der Waals surface area contributed by atoms with Crippen molar-refractivity contribution in [1.29, 1.82) is 0 Å². The molecule has 13 rings (SSSR count). The molecule has 0 saturated carbocycles. The Balaban J connectivity index is 1.00. The molecule has 1 unspecified atom stereocenters. The molecule has 0 heterocycles. The molecule has 9 aromatic carbocycles. The van der Waals surface area contributed by atoms with Gasteiger partial charge in [0.2, 0.25) is 0 Å². The number of nitrogens with zero attached hydrogens (tertiary/aromatic N) is 1. The predicted molar refractivity (Wildman–Crippen MR) is 267 cm³/mol. The summed E-state index contributed by atoms with van der Waals surface area (Å²) < 4.78 is 0. The number of hydrogen-bond donors (Lipinski definition) is 0. The molecule has 0 saturated heterocycles. The minimum Gasteiger partial charge on any atom is -0.310 e. The zero-order chi connectivity index (χ0) is 43.0. The van der Waals surface area contributed by atoms with Crippen molar-refractivity contribution < 1.29 is 0 Å². The summed E-state index contributed by atoms with van der Waals surface area (Å²) in [5.41, 5.74) is 27.5. The molecule has 0 aliphatic heterocycles. The van der Waals surface area contributed by atoms with Crippen LogP contribution in [-0.4, -0.2) is 0 Å². The van der Waals surface area contributed by atoms with Crippen molar-refractivity contribution in [2.24, 2.45) is 0 Å². The van der Waals surface area contributed by atoms with Gasteiger partial charge in [0.25, 0.3) is 0 Å². The molecule has 1 spiro atoms. The van der Waals surface area contributed by atoms with Crippen LogP contribution in [0, 0.1) is 0 Å².